The summed E-state index contributed by atoms with van der Waals surface area (Å²) in [7, 11) is 1.68. The third kappa shape index (κ3) is 3.64. The van der Waals surface area contributed by atoms with E-state index in [0.29, 0.717) is 18.0 Å². The van der Waals surface area contributed by atoms with Gasteiger partial charge in [0.05, 0.1) is 6.61 Å². The van der Waals surface area contributed by atoms with Crippen LogP contribution >= 0.6 is 0 Å². The van der Waals surface area contributed by atoms with Gasteiger partial charge in [-0.05, 0) is 43.0 Å². The molecule has 1 heterocycles. The minimum Gasteiger partial charge on any atom is -0.503 e. The van der Waals surface area contributed by atoms with E-state index in [2.05, 4.69) is 4.90 Å². The molecule has 0 saturated carbocycles. The fourth-order valence-electron chi connectivity index (χ4n) is 2.63. The first-order chi connectivity index (χ1) is 9.10. The zero-order valence-corrected chi connectivity index (χ0v) is 11.0. The molecule has 0 spiro atoms. The Labute approximate surface area is 111 Å². The third-order valence-corrected chi connectivity index (χ3v) is 3.49. The van der Waals surface area contributed by atoms with Crippen molar-refractivity contribution in [2.45, 2.75) is 19.4 Å². The lowest BCUT2D eigenvalue weighted by molar-refractivity contribution is 0.0873. The van der Waals surface area contributed by atoms with Crippen molar-refractivity contribution < 1.29 is 18.6 Å². The monoisotopic (exact) mass is 271 g/mol. The lowest BCUT2D eigenvalue weighted by Gasteiger charge is -2.32. The van der Waals surface area contributed by atoms with Gasteiger partial charge >= 0.3 is 0 Å². The first-order valence-corrected chi connectivity index (χ1v) is 6.48. The number of halogens is 2. The van der Waals surface area contributed by atoms with E-state index in [1.807, 2.05) is 0 Å². The lowest BCUT2D eigenvalue weighted by atomic mass is 9.98. The van der Waals surface area contributed by atoms with Crippen molar-refractivity contribution in [1.29, 1.82) is 0 Å². The summed E-state index contributed by atoms with van der Waals surface area (Å²) < 4.78 is 31.7. The van der Waals surface area contributed by atoms with Gasteiger partial charge in [0.25, 0.3) is 0 Å². The van der Waals surface area contributed by atoms with Crippen LogP contribution in [0.2, 0.25) is 0 Å². The standard InChI is InChI=1S/C14H19F2NO2/c1-19-9-10-3-2-4-17(7-10)8-11-5-12(15)14(18)13(16)6-11/h5-6,10,18H,2-4,7-9H2,1H3. The molecule has 1 aliphatic heterocycles. The summed E-state index contributed by atoms with van der Waals surface area (Å²) in [5.74, 6) is -2.23. The molecule has 1 aromatic rings. The number of phenolic OH excluding ortho intramolecular Hbond substituents is 1. The second-order valence-electron chi connectivity index (χ2n) is 5.11. The highest BCUT2D eigenvalue weighted by atomic mass is 19.1. The van der Waals surface area contributed by atoms with Gasteiger partial charge in [-0.2, -0.15) is 0 Å². The van der Waals surface area contributed by atoms with Gasteiger partial charge in [0.2, 0.25) is 0 Å². The topological polar surface area (TPSA) is 32.7 Å². The maximum absolute atomic E-state index is 13.3. The van der Waals surface area contributed by atoms with Gasteiger partial charge in [-0.1, -0.05) is 0 Å². The summed E-state index contributed by atoms with van der Waals surface area (Å²) in [6, 6.07) is 2.39. The van der Waals surface area contributed by atoms with E-state index in [1.54, 1.807) is 7.11 Å². The quantitative estimate of drug-likeness (QED) is 0.913. The number of hydrogen-bond donors (Lipinski definition) is 1. The van der Waals surface area contributed by atoms with Gasteiger partial charge in [0, 0.05) is 20.2 Å². The molecule has 5 heteroatoms. The normalized spacial score (nSPS) is 20.7. The molecule has 1 aromatic carbocycles. The molecule has 0 bridgehead atoms. The molecule has 0 aromatic heterocycles. The zero-order valence-electron chi connectivity index (χ0n) is 11.0. The molecular formula is C14H19F2NO2. The van der Waals surface area contributed by atoms with E-state index in [0.717, 1.165) is 32.5 Å². The van der Waals surface area contributed by atoms with E-state index in [9.17, 15) is 8.78 Å². The Morgan fingerprint density at radius 1 is 1.37 bits per heavy atom. The van der Waals surface area contributed by atoms with Crippen LogP contribution in [0.15, 0.2) is 12.1 Å². The number of methoxy groups -OCH3 is 1. The summed E-state index contributed by atoms with van der Waals surface area (Å²) in [5.41, 5.74) is 0.547. The fourth-order valence-corrected chi connectivity index (χ4v) is 2.63. The minimum absolute atomic E-state index is 0.477. The number of benzene rings is 1. The van der Waals surface area contributed by atoms with Crippen LogP contribution in [0.1, 0.15) is 18.4 Å². The van der Waals surface area contributed by atoms with Crippen LogP contribution in [-0.4, -0.2) is 36.8 Å². The first-order valence-electron chi connectivity index (χ1n) is 6.48. The van der Waals surface area contributed by atoms with Crippen LogP contribution < -0.4 is 0 Å². The molecule has 106 valence electrons. The number of aromatic hydroxyl groups is 1. The first kappa shape index (κ1) is 14.2. The summed E-state index contributed by atoms with van der Waals surface area (Å²) in [5, 5.41) is 9.07. The second kappa shape index (κ2) is 6.30. The van der Waals surface area contributed by atoms with Crippen LogP contribution in [0.5, 0.6) is 5.75 Å². The number of phenols is 1. The van der Waals surface area contributed by atoms with Gasteiger partial charge in [-0.3, -0.25) is 4.90 Å². The van der Waals surface area contributed by atoms with Crippen LogP contribution in [-0.2, 0) is 11.3 Å². The maximum Gasteiger partial charge on any atom is 0.187 e. The van der Waals surface area contributed by atoms with Crippen molar-refractivity contribution >= 4 is 0 Å². The molecular weight excluding hydrogens is 252 g/mol. The molecule has 1 saturated heterocycles. The Balaban J connectivity index is 2.00. The summed E-state index contributed by atoms with van der Waals surface area (Å²) in [4.78, 5) is 2.17. The fraction of sp³-hybridized carbons (Fsp3) is 0.571. The highest BCUT2D eigenvalue weighted by molar-refractivity contribution is 5.30. The van der Waals surface area contributed by atoms with E-state index < -0.39 is 17.4 Å². The average Bonchev–Trinajstić information content (AvgIpc) is 2.37. The number of hydrogen-bond acceptors (Lipinski definition) is 3. The highest BCUT2D eigenvalue weighted by Crippen LogP contribution is 2.24. The molecule has 0 aliphatic carbocycles. The van der Waals surface area contributed by atoms with Gasteiger partial charge in [-0.15, -0.1) is 0 Å². The Hall–Kier alpha value is -1.20. The number of likely N-dealkylation sites (tertiary alicyclic amines) is 1. The molecule has 19 heavy (non-hydrogen) atoms. The number of piperidine rings is 1. The minimum atomic E-state index is -0.903. The molecule has 1 N–H and O–H groups in total. The largest absolute Gasteiger partial charge is 0.503 e. The number of rotatable bonds is 4. The summed E-state index contributed by atoms with van der Waals surface area (Å²) >= 11 is 0. The SMILES string of the molecule is COCC1CCCN(Cc2cc(F)c(O)c(F)c2)C1. The van der Waals surface area contributed by atoms with Gasteiger partial charge in [-0.25, -0.2) is 8.78 Å². The van der Waals surface area contributed by atoms with Crippen LogP contribution in [0.25, 0.3) is 0 Å². The lowest BCUT2D eigenvalue weighted by Crippen LogP contribution is -2.36. The van der Waals surface area contributed by atoms with E-state index in [4.69, 9.17) is 9.84 Å². The number of ether oxygens (including phenoxy) is 1. The van der Waals surface area contributed by atoms with Gasteiger partial charge < -0.3 is 9.84 Å². The summed E-state index contributed by atoms with van der Waals surface area (Å²) in [6.07, 6.45) is 2.19. The van der Waals surface area contributed by atoms with Crippen molar-refractivity contribution in [3.8, 4) is 5.75 Å². The highest BCUT2D eigenvalue weighted by Gasteiger charge is 2.20. The number of nitrogens with zero attached hydrogens (tertiary/aromatic N) is 1. The van der Waals surface area contributed by atoms with E-state index in [-0.39, 0.29) is 0 Å². The molecule has 1 unspecified atom stereocenters. The molecule has 1 fully saturated rings. The predicted molar refractivity (Wildman–Crippen MR) is 67.9 cm³/mol. The van der Waals surface area contributed by atoms with E-state index in [1.165, 1.54) is 12.1 Å². The van der Waals surface area contributed by atoms with Gasteiger partial charge in [0.15, 0.2) is 17.4 Å². The maximum atomic E-state index is 13.3. The molecule has 1 aliphatic rings. The van der Waals surface area contributed by atoms with Crippen molar-refractivity contribution in [2.24, 2.45) is 5.92 Å². The zero-order chi connectivity index (χ0) is 13.8. The molecule has 2 rings (SSSR count). The molecule has 3 nitrogen and oxygen atoms in total. The van der Waals surface area contributed by atoms with Crippen molar-refractivity contribution in [2.75, 3.05) is 26.8 Å². The molecule has 0 radical (unpaired) electrons. The third-order valence-electron chi connectivity index (χ3n) is 3.49. The van der Waals surface area contributed by atoms with Crippen molar-refractivity contribution in [1.82, 2.24) is 4.90 Å². The summed E-state index contributed by atoms with van der Waals surface area (Å²) in [6.45, 7) is 3.01. The van der Waals surface area contributed by atoms with Crippen molar-refractivity contribution in [3.05, 3.63) is 29.3 Å². The van der Waals surface area contributed by atoms with Crippen molar-refractivity contribution in [3.63, 3.8) is 0 Å². The van der Waals surface area contributed by atoms with Crippen LogP contribution in [0.3, 0.4) is 0 Å². The van der Waals surface area contributed by atoms with Crippen LogP contribution in [0.4, 0.5) is 8.78 Å². The Kier molecular flexibility index (Phi) is 4.71. The van der Waals surface area contributed by atoms with Gasteiger partial charge in [0.1, 0.15) is 0 Å². The smallest absolute Gasteiger partial charge is 0.187 e. The molecule has 0 amide bonds. The predicted octanol–water partition coefficient (Wildman–Crippen LogP) is 2.53. The Morgan fingerprint density at radius 3 is 2.68 bits per heavy atom. The second-order valence-corrected chi connectivity index (χ2v) is 5.11. The Morgan fingerprint density at radius 2 is 2.05 bits per heavy atom. The van der Waals surface area contributed by atoms with Crippen LogP contribution in [0, 0.1) is 17.6 Å². The molecule has 1 atom stereocenters. The Bertz CT molecular complexity index is 414. The van der Waals surface area contributed by atoms with E-state index >= 15 is 0 Å². The average molecular weight is 271 g/mol.